The van der Waals surface area contributed by atoms with Crippen LogP contribution in [0, 0.1) is 0 Å². The molecule has 2 N–H and O–H groups in total. The Labute approximate surface area is 136 Å². The van der Waals surface area contributed by atoms with Crippen molar-refractivity contribution in [2.45, 2.75) is 32.9 Å². The lowest BCUT2D eigenvalue weighted by Gasteiger charge is -2.23. The van der Waals surface area contributed by atoms with Gasteiger partial charge in [-0.25, -0.2) is 4.98 Å². The maximum atomic E-state index is 4.53. The minimum Gasteiger partial charge on any atom is -0.352 e. The summed E-state index contributed by atoms with van der Waals surface area (Å²) in [5, 5.41) is 6.58. The van der Waals surface area contributed by atoms with Gasteiger partial charge in [-0.2, -0.15) is 0 Å². The van der Waals surface area contributed by atoms with Gasteiger partial charge in [-0.1, -0.05) is 6.07 Å². The topological polar surface area (TPSA) is 53.7 Å². The number of imidazole rings is 1. The molecule has 0 bridgehead atoms. The van der Waals surface area contributed by atoms with Crippen LogP contribution in [0.5, 0.6) is 0 Å². The van der Waals surface area contributed by atoms with Gasteiger partial charge in [0.05, 0.1) is 12.2 Å². The predicted octanol–water partition coefficient (Wildman–Crippen LogP) is 2.42. The Bertz CT molecular complexity index is 550. The molecule has 0 spiro atoms. The second-order valence-electron chi connectivity index (χ2n) is 5.50. The molecular formula is C14H22IN5. The Balaban J connectivity index is 0.00000200. The van der Waals surface area contributed by atoms with Crippen LogP contribution in [0.1, 0.15) is 26.5 Å². The molecule has 0 fully saturated rings. The SMILES string of the molecule is CN=C(NCc1cn2ccccc2n1)NC(C)(C)C.I. The Morgan fingerprint density at radius 2 is 2.10 bits per heavy atom. The Morgan fingerprint density at radius 3 is 2.70 bits per heavy atom. The third-order valence-electron chi connectivity index (χ3n) is 2.57. The molecule has 0 aliphatic heterocycles. The largest absolute Gasteiger partial charge is 0.352 e. The van der Waals surface area contributed by atoms with E-state index in [9.17, 15) is 0 Å². The van der Waals surface area contributed by atoms with Crippen molar-refractivity contribution in [3.8, 4) is 0 Å². The summed E-state index contributed by atoms with van der Waals surface area (Å²) in [7, 11) is 1.77. The summed E-state index contributed by atoms with van der Waals surface area (Å²) < 4.78 is 2.01. The average Bonchev–Trinajstić information content (AvgIpc) is 2.75. The Hall–Kier alpha value is -1.31. The summed E-state index contributed by atoms with van der Waals surface area (Å²) in [4.78, 5) is 8.74. The monoisotopic (exact) mass is 387 g/mol. The van der Waals surface area contributed by atoms with Gasteiger partial charge in [0.2, 0.25) is 0 Å². The number of rotatable bonds is 2. The van der Waals surface area contributed by atoms with Crippen LogP contribution in [0.4, 0.5) is 0 Å². The number of nitrogens with zero attached hydrogens (tertiary/aromatic N) is 3. The molecule has 5 nitrogen and oxygen atoms in total. The third-order valence-corrected chi connectivity index (χ3v) is 2.57. The lowest BCUT2D eigenvalue weighted by atomic mass is 10.1. The highest BCUT2D eigenvalue weighted by Gasteiger charge is 2.11. The van der Waals surface area contributed by atoms with Gasteiger partial charge >= 0.3 is 0 Å². The minimum absolute atomic E-state index is 0. The smallest absolute Gasteiger partial charge is 0.191 e. The molecular weight excluding hydrogens is 365 g/mol. The zero-order valence-corrected chi connectivity index (χ0v) is 14.7. The number of nitrogens with one attached hydrogen (secondary N) is 2. The molecule has 0 aromatic carbocycles. The van der Waals surface area contributed by atoms with Gasteiger partial charge in [-0.3, -0.25) is 4.99 Å². The van der Waals surface area contributed by atoms with Crippen LogP contribution in [0.3, 0.4) is 0 Å². The van der Waals surface area contributed by atoms with E-state index in [1.807, 2.05) is 35.0 Å². The van der Waals surface area contributed by atoms with Crippen LogP contribution >= 0.6 is 24.0 Å². The molecule has 2 heterocycles. The number of halogens is 1. The quantitative estimate of drug-likeness (QED) is 0.473. The summed E-state index contributed by atoms with van der Waals surface area (Å²) in [6, 6.07) is 5.97. The molecule has 2 aromatic rings. The van der Waals surface area contributed by atoms with Crippen molar-refractivity contribution in [1.82, 2.24) is 20.0 Å². The molecule has 20 heavy (non-hydrogen) atoms. The number of guanidine groups is 1. The number of aromatic nitrogens is 2. The summed E-state index contributed by atoms with van der Waals surface area (Å²) in [5.41, 5.74) is 1.93. The number of pyridine rings is 1. The fourth-order valence-corrected chi connectivity index (χ4v) is 1.78. The Kier molecular flexibility index (Phi) is 5.79. The lowest BCUT2D eigenvalue weighted by Crippen LogP contribution is -2.47. The second kappa shape index (κ2) is 6.92. The normalized spacial score (nSPS) is 12.1. The molecule has 0 atom stereocenters. The molecule has 2 aromatic heterocycles. The molecule has 2 rings (SSSR count). The van der Waals surface area contributed by atoms with Crippen molar-refractivity contribution >= 4 is 35.6 Å². The number of fused-ring (bicyclic) bond motifs is 1. The van der Waals surface area contributed by atoms with Crippen molar-refractivity contribution in [3.63, 3.8) is 0 Å². The number of aliphatic imine (C=N–C) groups is 1. The van der Waals surface area contributed by atoms with Crippen molar-refractivity contribution < 1.29 is 0 Å². The predicted molar refractivity (Wildman–Crippen MR) is 93.7 cm³/mol. The molecule has 0 aliphatic rings. The average molecular weight is 387 g/mol. The maximum Gasteiger partial charge on any atom is 0.191 e. The zero-order valence-electron chi connectivity index (χ0n) is 12.3. The fourth-order valence-electron chi connectivity index (χ4n) is 1.78. The van der Waals surface area contributed by atoms with Gasteiger partial charge in [0, 0.05) is 25.0 Å². The van der Waals surface area contributed by atoms with E-state index in [1.54, 1.807) is 7.05 Å². The van der Waals surface area contributed by atoms with Crippen LogP contribution in [-0.4, -0.2) is 27.9 Å². The molecule has 0 aliphatic carbocycles. The molecule has 0 amide bonds. The van der Waals surface area contributed by atoms with Gasteiger partial charge < -0.3 is 15.0 Å². The van der Waals surface area contributed by atoms with Crippen molar-refractivity contribution in [1.29, 1.82) is 0 Å². The minimum atomic E-state index is -0.0131. The van der Waals surface area contributed by atoms with E-state index < -0.39 is 0 Å². The van der Waals surface area contributed by atoms with E-state index in [-0.39, 0.29) is 29.5 Å². The van der Waals surface area contributed by atoms with E-state index >= 15 is 0 Å². The number of hydrogen-bond donors (Lipinski definition) is 2. The zero-order chi connectivity index (χ0) is 13.9. The summed E-state index contributed by atoms with van der Waals surface area (Å²) in [6.07, 6.45) is 4.01. The van der Waals surface area contributed by atoms with Gasteiger partial charge in [0.25, 0.3) is 0 Å². The second-order valence-corrected chi connectivity index (χ2v) is 5.50. The van der Waals surface area contributed by atoms with Crippen LogP contribution in [0.2, 0.25) is 0 Å². The van der Waals surface area contributed by atoms with Crippen molar-refractivity contribution in [2.75, 3.05) is 7.05 Å². The lowest BCUT2D eigenvalue weighted by molar-refractivity contribution is 0.501. The molecule has 110 valence electrons. The Morgan fingerprint density at radius 1 is 1.35 bits per heavy atom. The highest BCUT2D eigenvalue weighted by atomic mass is 127. The van der Waals surface area contributed by atoms with Crippen LogP contribution in [0.25, 0.3) is 5.65 Å². The van der Waals surface area contributed by atoms with Gasteiger partial charge in [-0.05, 0) is 32.9 Å². The number of hydrogen-bond acceptors (Lipinski definition) is 2. The fraction of sp³-hybridized carbons (Fsp3) is 0.429. The van der Waals surface area contributed by atoms with Crippen molar-refractivity contribution in [3.05, 3.63) is 36.3 Å². The van der Waals surface area contributed by atoms with Gasteiger partial charge in [0.1, 0.15) is 5.65 Å². The first-order valence-electron chi connectivity index (χ1n) is 6.39. The summed E-state index contributed by atoms with van der Waals surface area (Å²) in [5.74, 6) is 0.782. The molecule has 0 radical (unpaired) electrons. The molecule has 0 saturated heterocycles. The highest BCUT2D eigenvalue weighted by molar-refractivity contribution is 14.0. The van der Waals surface area contributed by atoms with E-state index in [0.717, 1.165) is 17.3 Å². The van der Waals surface area contributed by atoms with E-state index in [1.165, 1.54) is 0 Å². The van der Waals surface area contributed by atoms with Gasteiger partial charge in [-0.15, -0.1) is 24.0 Å². The van der Waals surface area contributed by atoms with Crippen LogP contribution < -0.4 is 10.6 Å². The standard InChI is InChI=1S/C14H21N5.HI/c1-14(2,3)18-13(15-4)16-9-11-10-19-8-6-5-7-12(19)17-11;/h5-8,10H,9H2,1-4H3,(H2,15,16,18);1H. The molecule has 6 heteroatoms. The first kappa shape index (κ1) is 16.7. The maximum absolute atomic E-state index is 4.53. The van der Waals surface area contributed by atoms with Crippen LogP contribution in [0.15, 0.2) is 35.6 Å². The first-order chi connectivity index (χ1) is 8.98. The molecule has 0 saturated carbocycles. The highest BCUT2D eigenvalue weighted by Crippen LogP contribution is 2.04. The summed E-state index contributed by atoms with van der Waals surface area (Å²) >= 11 is 0. The third kappa shape index (κ3) is 4.66. The first-order valence-corrected chi connectivity index (χ1v) is 6.39. The van der Waals surface area contributed by atoms with E-state index in [0.29, 0.717) is 6.54 Å². The van der Waals surface area contributed by atoms with E-state index in [4.69, 9.17) is 0 Å². The van der Waals surface area contributed by atoms with Crippen LogP contribution in [-0.2, 0) is 6.54 Å². The molecule has 0 unspecified atom stereocenters. The summed E-state index contributed by atoms with van der Waals surface area (Å²) in [6.45, 7) is 6.96. The van der Waals surface area contributed by atoms with E-state index in [2.05, 4.69) is 41.4 Å². The van der Waals surface area contributed by atoms with Gasteiger partial charge in [0.15, 0.2) is 5.96 Å². The van der Waals surface area contributed by atoms with Crippen molar-refractivity contribution in [2.24, 2.45) is 4.99 Å².